The van der Waals surface area contributed by atoms with E-state index in [1.807, 2.05) is 24.3 Å². The van der Waals surface area contributed by atoms with E-state index < -0.39 is 0 Å². The standard InChI is InChI=1S/C14H17N3O/c15-14-5-4-12-10(2-1-3-13(12)16-14)8-17-7-6-11(18)9-17/h1-5,11,18H,6-9H2,(H2,15,16)/t11-/m1/s1. The number of nitrogens with zero attached hydrogens (tertiary/aromatic N) is 2. The van der Waals surface area contributed by atoms with E-state index in [1.165, 1.54) is 5.56 Å². The molecule has 0 amide bonds. The van der Waals surface area contributed by atoms with Crippen LogP contribution < -0.4 is 5.73 Å². The molecule has 94 valence electrons. The van der Waals surface area contributed by atoms with Gasteiger partial charge in [0.15, 0.2) is 0 Å². The van der Waals surface area contributed by atoms with Crippen LogP contribution in [0.25, 0.3) is 10.9 Å². The van der Waals surface area contributed by atoms with Crippen molar-refractivity contribution in [2.75, 3.05) is 18.8 Å². The van der Waals surface area contributed by atoms with E-state index in [4.69, 9.17) is 5.73 Å². The van der Waals surface area contributed by atoms with Crippen LogP contribution in [0.2, 0.25) is 0 Å². The number of aliphatic hydroxyl groups excluding tert-OH is 1. The van der Waals surface area contributed by atoms with E-state index in [1.54, 1.807) is 0 Å². The monoisotopic (exact) mass is 243 g/mol. The zero-order valence-corrected chi connectivity index (χ0v) is 10.2. The molecule has 1 aliphatic rings. The van der Waals surface area contributed by atoms with Crippen LogP contribution in [0.1, 0.15) is 12.0 Å². The zero-order valence-electron chi connectivity index (χ0n) is 10.2. The van der Waals surface area contributed by atoms with Gasteiger partial charge in [0.05, 0.1) is 11.6 Å². The molecular weight excluding hydrogens is 226 g/mol. The minimum absolute atomic E-state index is 0.172. The fourth-order valence-corrected chi connectivity index (χ4v) is 2.57. The van der Waals surface area contributed by atoms with E-state index >= 15 is 0 Å². The van der Waals surface area contributed by atoms with Gasteiger partial charge in [0, 0.05) is 25.0 Å². The first-order valence-electron chi connectivity index (χ1n) is 6.27. The Hall–Kier alpha value is -1.65. The topological polar surface area (TPSA) is 62.4 Å². The molecule has 0 unspecified atom stereocenters. The van der Waals surface area contributed by atoms with Crippen molar-refractivity contribution in [3.8, 4) is 0 Å². The number of β-amino-alcohol motifs (C(OH)–C–C–N with tert-alkyl or cyclic N) is 1. The maximum absolute atomic E-state index is 9.56. The molecule has 1 aromatic carbocycles. The van der Waals surface area contributed by atoms with Gasteiger partial charge in [-0.3, -0.25) is 4.90 Å². The van der Waals surface area contributed by atoms with Crippen LogP contribution in [0.3, 0.4) is 0 Å². The maximum atomic E-state index is 9.56. The van der Waals surface area contributed by atoms with Crippen LogP contribution in [0.4, 0.5) is 5.82 Å². The molecule has 1 aliphatic heterocycles. The Bertz CT molecular complexity index is 570. The van der Waals surface area contributed by atoms with Gasteiger partial charge in [-0.25, -0.2) is 4.98 Å². The Balaban J connectivity index is 1.92. The number of aliphatic hydroxyl groups is 1. The highest BCUT2D eigenvalue weighted by Crippen LogP contribution is 2.21. The third-order valence-electron chi connectivity index (χ3n) is 3.49. The van der Waals surface area contributed by atoms with Gasteiger partial charge in [0.1, 0.15) is 5.82 Å². The molecule has 4 heteroatoms. The van der Waals surface area contributed by atoms with Gasteiger partial charge in [-0.15, -0.1) is 0 Å². The molecule has 0 aliphatic carbocycles. The number of fused-ring (bicyclic) bond motifs is 1. The molecule has 1 atom stereocenters. The van der Waals surface area contributed by atoms with Gasteiger partial charge in [-0.1, -0.05) is 12.1 Å². The molecule has 1 aromatic heterocycles. The average Bonchev–Trinajstić information content (AvgIpc) is 2.75. The predicted octanol–water partition coefficient (Wildman–Crippen LogP) is 1.38. The van der Waals surface area contributed by atoms with Crippen LogP contribution in [-0.2, 0) is 6.54 Å². The molecule has 3 rings (SSSR count). The highest BCUT2D eigenvalue weighted by atomic mass is 16.3. The number of rotatable bonds is 2. The summed E-state index contributed by atoms with van der Waals surface area (Å²) in [7, 11) is 0. The smallest absolute Gasteiger partial charge is 0.124 e. The lowest BCUT2D eigenvalue weighted by Crippen LogP contribution is -2.21. The van der Waals surface area contributed by atoms with Crippen molar-refractivity contribution in [2.24, 2.45) is 0 Å². The number of nitrogens with two attached hydrogens (primary N) is 1. The molecule has 1 fully saturated rings. The summed E-state index contributed by atoms with van der Waals surface area (Å²) in [6, 6.07) is 9.97. The Morgan fingerprint density at radius 2 is 2.22 bits per heavy atom. The highest BCUT2D eigenvalue weighted by Gasteiger charge is 2.20. The number of aromatic nitrogens is 1. The Kier molecular flexibility index (Phi) is 2.89. The minimum atomic E-state index is -0.172. The highest BCUT2D eigenvalue weighted by molar-refractivity contribution is 5.83. The Morgan fingerprint density at radius 3 is 3.00 bits per heavy atom. The van der Waals surface area contributed by atoms with E-state index in [0.29, 0.717) is 5.82 Å². The molecule has 0 radical (unpaired) electrons. The zero-order chi connectivity index (χ0) is 12.5. The summed E-state index contributed by atoms with van der Waals surface area (Å²) in [4.78, 5) is 6.61. The largest absolute Gasteiger partial charge is 0.392 e. The molecule has 2 aromatic rings. The first kappa shape index (κ1) is 11.4. The number of pyridine rings is 1. The van der Waals surface area contributed by atoms with Crippen molar-refractivity contribution in [1.29, 1.82) is 0 Å². The first-order chi connectivity index (χ1) is 8.72. The van der Waals surface area contributed by atoms with Crippen molar-refractivity contribution in [2.45, 2.75) is 19.1 Å². The van der Waals surface area contributed by atoms with Gasteiger partial charge in [0.2, 0.25) is 0 Å². The van der Waals surface area contributed by atoms with Crippen LogP contribution in [-0.4, -0.2) is 34.2 Å². The number of nitrogen functional groups attached to an aromatic ring is 1. The molecule has 0 bridgehead atoms. The van der Waals surface area contributed by atoms with Crippen molar-refractivity contribution < 1.29 is 5.11 Å². The van der Waals surface area contributed by atoms with Gasteiger partial charge >= 0.3 is 0 Å². The van der Waals surface area contributed by atoms with Crippen molar-refractivity contribution >= 4 is 16.7 Å². The van der Waals surface area contributed by atoms with Gasteiger partial charge in [0.25, 0.3) is 0 Å². The van der Waals surface area contributed by atoms with Gasteiger partial charge in [-0.05, 0) is 30.2 Å². The van der Waals surface area contributed by atoms with Crippen LogP contribution >= 0.6 is 0 Å². The molecular formula is C14H17N3O. The van der Waals surface area contributed by atoms with E-state index in [0.717, 1.165) is 37.0 Å². The normalized spacial score (nSPS) is 20.6. The second-order valence-electron chi connectivity index (χ2n) is 4.90. The predicted molar refractivity (Wildman–Crippen MR) is 72.1 cm³/mol. The summed E-state index contributed by atoms with van der Waals surface area (Å²) < 4.78 is 0. The SMILES string of the molecule is Nc1ccc2c(CN3CC[C@@H](O)C3)cccc2n1. The van der Waals surface area contributed by atoms with E-state index in [2.05, 4.69) is 16.0 Å². The second kappa shape index (κ2) is 4.55. The Labute approximate surface area is 106 Å². The summed E-state index contributed by atoms with van der Waals surface area (Å²) >= 11 is 0. The number of likely N-dealkylation sites (tertiary alicyclic amines) is 1. The second-order valence-corrected chi connectivity index (χ2v) is 4.90. The number of hydrogen-bond acceptors (Lipinski definition) is 4. The number of anilines is 1. The fraction of sp³-hybridized carbons (Fsp3) is 0.357. The molecule has 4 nitrogen and oxygen atoms in total. The molecule has 2 heterocycles. The number of benzene rings is 1. The lowest BCUT2D eigenvalue weighted by atomic mass is 10.1. The maximum Gasteiger partial charge on any atom is 0.124 e. The average molecular weight is 243 g/mol. The fourth-order valence-electron chi connectivity index (χ4n) is 2.57. The third-order valence-corrected chi connectivity index (χ3v) is 3.49. The van der Waals surface area contributed by atoms with Gasteiger partial charge in [-0.2, -0.15) is 0 Å². The van der Waals surface area contributed by atoms with Crippen LogP contribution in [0.5, 0.6) is 0 Å². The van der Waals surface area contributed by atoms with Crippen molar-refractivity contribution in [3.63, 3.8) is 0 Å². The summed E-state index contributed by atoms with van der Waals surface area (Å²) in [5, 5.41) is 10.7. The molecule has 1 saturated heterocycles. The van der Waals surface area contributed by atoms with E-state index in [9.17, 15) is 5.11 Å². The molecule has 0 spiro atoms. The van der Waals surface area contributed by atoms with E-state index in [-0.39, 0.29) is 6.10 Å². The summed E-state index contributed by atoms with van der Waals surface area (Å²) in [6.45, 7) is 2.58. The number of hydrogen-bond donors (Lipinski definition) is 2. The van der Waals surface area contributed by atoms with Crippen LogP contribution in [0.15, 0.2) is 30.3 Å². The van der Waals surface area contributed by atoms with Crippen molar-refractivity contribution in [1.82, 2.24) is 9.88 Å². The van der Waals surface area contributed by atoms with Crippen molar-refractivity contribution in [3.05, 3.63) is 35.9 Å². The third kappa shape index (κ3) is 2.17. The summed E-state index contributed by atoms with van der Waals surface area (Å²) in [5.74, 6) is 0.552. The summed E-state index contributed by atoms with van der Waals surface area (Å²) in [5.41, 5.74) is 7.88. The first-order valence-corrected chi connectivity index (χ1v) is 6.27. The summed E-state index contributed by atoms with van der Waals surface area (Å²) in [6.07, 6.45) is 0.699. The van der Waals surface area contributed by atoms with Crippen LogP contribution in [0, 0.1) is 0 Å². The Morgan fingerprint density at radius 1 is 1.33 bits per heavy atom. The molecule has 0 saturated carbocycles. The molecule has 3 N–H and O–H groups in total. The lowest BCUT2D eigenvalue weighted by Gasteiger charge is -2.16. The molecule has 18 heavy (non-hydrogen) atoms. The van der Waals surface area contributed by atoms with Gasteiger partial charge < -0.3 is 10.8 Å². The minimum Gasteiger partial charge on any atom is -0.392 e. The lowest BCUT2D eigenvalue weighted by molar-refractivity contribution is 0.175. The quantitative estimate of drug-likeness (QED) is 0.836.